The van der Waals surface area contributed by atoms with Crippen molar-refractivity contribution in [3.8, 4) is 0 Å². The summed E-state index contributed by atoms with van der Waals surface area (Å²) in [5.41, 5.74) is -0.275. The quantitative estimate of drug-likeness (QED) is 0.768. The molecule has 0 saturated carbocycles. The van der Waals surface area contributed by atoms with Gasteiger partial charge in [0.1, 0.15) is 0 Å². The fourth-order valence-corrected chi connectivity index (χ4v) is 2.07. The van der Waals surface area contributed by atoms with Gasteiger partial charge in [-0.2, -0.15) is 8.75 Å². The van der Waals surface area contributed by atoms with Crippen molar-refractivity contribution in [2.45, 2.75) is 18.4 Å². The van der Waals surface area contributed by atoms with E-state index in [1.165, 1.54) is 6.20 Å². The Hall–Kier alpha value is -1.05. The molecule has 0 bridgehead atoms. The summed E-state index contributed by atoms with van der Waals surface area (Å²) in [6, 6.07) is 0. The Morgan fingerprint density at radius 1 is 1.62 bits per heavy atom. The topological polar surface area (TPSA) is 84.3 Å². The average molecular weight is 243 g/mol. The van der Waals surface area contributed by atoms with Gasteiger partial charge in [-0.3, -0.25) is 4.79 Å². The number of nitrogens with one attached hydrogen (secondary N) is 1. The molecule has 1 aliphatic rings. The minimum atomic E-state index is -0.570. The van der Waals surface area contributed by atoms with Crippen molar-refractivity contribution in [1.82, 2.24) is 14.1 Å². The highest BCUT2D eigenvalue weighted by molar-refractivity contribution is 6.99. The summed E-state index contributed by atoms with van der Waals surface area (Å²) >= 11 is 0.988. The number of aromatic nitrogens is 2. The van der Waals surface area contributed by atoms with Gasteiger partial charge in [0.25, 0.3) is 5.91 Å². The number of amides is 1. The van der Waals surface area contributed by atoms with Crippen LogP contribution in [0.2, 0.25) is 0 Å². The van der Waals surface area contributed by atoms with Crippen LogP contribution in [0.25, 0.3) is 0 Å². The van der Waals surface area contributed by atoms with E-state index in [0.717, 1.165) is 11.7 Å². The maximum atomic E-state index is 11.8. The number of rotatable bonds is 3. The van der Waals surface area contributed by atoms with Gasteiger partial charge in [-0.15, -0.1) is 0 Å². The summed E-state index contributed by atoms with van der Waals surface area (Å²) in [5, 5.41) is 12.2. The Morgan fingerprint density at radius 2 is 2.38 bits per heavy atom. The van der Waals surface area contributed by atoms with Crippen LogP contribution in [0.1, 0.15) is 23.3 Å². The van der Waals surface area contributed by atoms with Crippen molar-refractivity contribution in [3.05, 3.63) is 11.9 Å². The standard InChI is InChI=1S/C9H13N3O3S/c13-6-9(1-3-15-4-2-9)11-8(14)7-5-10-16-12-7/h5,13H,1-4,6H2,(H,11,14). The van der Waals surface area contributed by atoms with Gasteiger partial charge in [-0.1, -0.05) is 0 Å². The smallest absolute Gasteiger partial charge is 0.273 e. The van der Waals surface area contributed by atoms with Crippen molar-refractivity contribution in [1.29, 1.82) is 0 Å². The Kier molecular flexibility index (Phi) is 3.47. The molecule has 1 aromatic heterocycles. The van der Waals surface area contributed by atoms with E-state index in [1.807, 2.05) is 0 Å². The lowest BCUT2D eigenvalue weighted by atomic mass is 9.91. The molecule has 0 aromatic carbocycles. The van der Waals surface area contributed by atoms with Gasteiger partial charge >= 0.3 is 0 Å². The lowest BCUT2D eigenvalue weighted by Gasteiger charge is -2.35. The molecule has 0 radical (unpaired) electrons. The first kappa shape index (κ1) is 11.4. The summed E-state index contributed by atoms with van der Waals surface area (Å²) in [6.07, 6.45) is 2.66. The summed E-state index contributed by atoms with van der Waals surface area (Å²) in [5.74, 6) is -0.287. The van der Waals surface area contributed by atoms with Crippen LogP contribution in [0.5, 0.6) is 0 Å². The molecule has 0 aliphatic carbocycles. The Bertz CT molecular complexity index is 349. The first-order valence-corrected chi connectivity index (χ1v) is 5.77. The average Bonchev–Trinajstić information content (AvgIpc) is 2.84. The molecule has 6 nitrogen and oxygen atoms in total. The summed E-state index contributed by atoms with van der Waals surface area (Å²) in [7, 11) is 0. The first-order valence-electron chi connectivity index (χ1n) is 5.04. The molecular formula is C9H13N3O3S. The minimum Gasteiger partial charge on any atom is -0.394 e. The van der Waals surface area contributed by atoms with E-state index in [9.17, 15) is 9.90 Å². The fraction of sp³-hybridized carbons (Fsp3) is 0.667. The molecule has 1 aromatic rings. The summed E-state index contributed by atoms with van der Waals surface area (Å²) in [6.45, 7) is 1.02. The zero-order valence-electron chi connectivity index (χ0n) is 8.68. The molecule has 1 fully saturated rings. The van der Waals surface area contributed by atoms with Crippen molar-refractivity contribution in [3.63, 3.8) is 0 Å². The number of hydrogen-bond donors (Lipinski definition) is 2. The first-order chi connectivity index (χ1) is 7.76. The Balaban J connectivity index is 2.03. The van der Waals surface area contributed by atoms with Crippen LogP contribution in [-0.2, 0) is 4.74 Å². The van der Waals surface area contributed by atoms with Crippen LogP contribution in [0.15, 0.2) is 6.20 Å². The Labute approximate surface area is 97.0 Å². The highest BCUT2D eigenvalue weighted by atomic mass is 32.1. The molecule has 0 atom stereocenters. The van der Waals surface area contributed by atoms with E-state index < -0.39 is 5.54 Å². The molecule has 2 heterocycles. The highest BCUT2D eigenvalue weighted by Gasteiger charge is 2.34. The second kappa shape index (κ2) is 4.86. The zero-order valence-corrected chi connectivity index (χ0v) is 9.50. The van der Waals surface area contributed by atoms with E-state index >= 15 is 0 Å². The van der Waals surface area contributed by atoms with Crippen molar-refractivity contribution in [2.24, 2.45) is 0 Å². The molecule has 7 heteroatoms. The summed E-state index contributed by atoms with van der Waals surface area (Å²) < 4.78 is 12.8. The number of aliphatic hydroxyl groups is 1. The second-order valence-corrected chi connectivity index (χ2v) is 4.35. The summed E-state index contributed by atoms with van der Waals surface area (Å²) in [4.78, 5) is 11.8. The van der Waals surface area contributed by atoms with E-state index in [2.05, 4.69) is 14.1 Å². The van der Waals surface area contributed by atoms with Crippen molar-refractivity contribution < 1.29 is 14.6 Å². The van der Waals surface area contributed by atoms with Crippen LogP contribution < -0.4 is 5.32 Å². The third-order valence-corrected chi connectivity index (χ3v) is 3.20. The van der Waals surface area contributed by atoms with Gasteiger partial charge in [0.2, 0.25) is 0 Å². The molecule has 1 amide bonds. The van der Waals surface area contributed by atoms with Crippen LogP contribution in [0.4, 0.5) is 0 Å². The minimum absolute atomic E-state index is 0.0837. The molecule has 0 spiro atoms. The maximum Gasteiger partial charge on any atom is 0.273 e. The Morgan fingerprint density at radius 3 is 2.94 bits per heavy atom. The van der Waals surface area contributed by atoms with Crippen molar-refractivity contribution in [2.75, 3.05) is 19.8 Å². The maximum absolute atomic E-state index is 11.8. The van der Waals surface area contributed by atoms with Gasteiger partial charge in [0.15, 0.2) is 5.69 Å². The number of ether oxygens (including phenoxy) is 1. The van der Waals surface area contributed by atoms with Gasteiger partial charge in [0.05, 0.1) is 30.1 Å². The number of carbonyl (C=O) groups is 1. The largest absolute Gasteiger partial charge is 0.394 e. The van der Waals surface area contributed by atoms with Crippen LogP contribution in [-0.4, -0.2) is 45.1 Å². The van der Waals surface area contributed by atoms with E-state index in [0.29, 0.717) is 31.7 Å². The molecule has 88 valence electrons. The zero-order chi connectivity index (χ0) is 11.4. The van der Waals surface area contributed by atoms with E-state index in [1.54, 1.807) is 0 Å². The molecular weight excluding hydrogens is 230 g/mol. The molecule has 16 heavy (non-hydrogen) atoms. The van der Waals surface area contributed by atoms with E-state index in [4.69, 9.17) is 4.74 Å². The highest BCUT2D eigenvalue weighted by Crippen LogP contribution is 2.20. The SMILES string of the molecule is O=C(NC1(CO)CCOCC1)c1cnsn1. The van der Waals surface area contributed by atoms with Crippen molar-refractivity contribution >= 4 is 17.6 Å². The van der Waals surface area contributed by atoms with E-state index in [-0.39, 0.29) is 12.5 Å². The second-order valence-electron chi connectivity index (χ2n) is 3.80. The van der Waals surface area contributed by atoms with Crippen LogP contribution in [0, 0.1) is 0 Å². The van der Waals surface area contributed by atoms with Gasteiger partial charge in [-0.05, 0) is 12.8 Å². The molecule has 2 rings (SSSR count). The predicted molar refractivity (Wildman–Crippen MR) is 57.2 cm³/mol. The number of aliphatic hydroxyl groups excluding tert-OH is 1. The molecule has 2 N–H and O–H groups in total. The molecule has 0 unspecified atom stereocenters. The number of nitrogens with zero attached hydrogens (tertiary/aromatic N) is 2. The van der Waals surface area contributed by atoms with Crippen LogP contribution >= 0.6 is 11.7 Å². The number of carbonyl (C=O) groups excluding carboxylic acids is 1. The van der Waals surface area contributed by atoms with Gasteiger partial charge in [-0.25, -0.2) is 0 Å². The lowest BCUT2D eigenvalue weighted by molar-refractivity contribution is 0.0124. The number of hydrogen-bond acceptors (Lipinski definition) is 6. The molecule has 1 saturated heterocycles. The monoisotopic (exact) mass is 243 g/mol. The molecule has 1 aliphatic heterocycles. The fourth-order valence-electron chi connectivity index (χ4n) is 1.65. The van der Waals surface area contributed by atoms with Gasteiger partial charge in [0, 0.05) is 13.2 Å². The normalized spacial score (nSPS) is 19.3. The lowest BCUT2D eigenvalue weighted by Crippen LogP contribution is -2.54. The predicted octanol–water partition coefficient (Wildman–Crippen LogP) is -0.191. The van der Waals surface area contributed by atoms with Gasteiger partial charge < -0.3 is 15.2 Å². The third-order valence-electron chi connectivity index (χ3n) is 2.73. The van der Waals surface area contributed by atoms with Crippen LogP contribution in [0.3, 0.4) is 0 Å². The third kappa shape index (κ3) is 2.37.